The fraction of sp³-hybridized carbons (Fsp3) is 0.250. The predicted molar refractivity (Wildman–Crippen MR) is 94.0 cm³/mol. The number of aryl methyl sites for hydroxylation is 1. The fourth-order valence-corrected chi connectivity index (χ4v) is 3.57. The van der Waals surface area contributed by atoms with E-state index >= 15 is 0 Å². The molecule has 0 bridgehead atoms. The summed E-state index contributed by atoms with van der Waals surface area (Å²) in [4.78, 5) is 16.6. The molecule has 0 spiro atoms. The van der Waals surface area contributed by atoms with E-state index in [1.54, 1.807) is 5.38 Å². The molecule has 0 fully saturated rings. The maximum absolute atomic E-state index is 12.3. The molecule has 0 unspecified atom stereocenters. The van der Waals surface area contributed by atoms with Gasteiger partial charge in [0, 0.05) is 17.4 Å². The lowest BCUT2D eigenvalue weighted by atomic mass is 10.2. The molecule has 0 saturated carbocycles. The second kappa shape index (κ2) is 7.43. The van der Waals surface area contributed by atoms with Crippen LogP contribution in [0.5, 0.6) is 0 Å². The number of rotatable bonds is 6. The Balaban J connectivity index is 1.67. The zero-order chi connectivity index (χ0) is 16.1. The van der Waals surface area contributed by atoms with Gasteiger partial charge in [0.2, 0.25) is 5.13 Å². The second-order valence-electron chi connectivity index (χ2n) is 4.96. The highest BCUT2D eigenvalue weighted by molar-refractivity contribution is 7.15. The molecule has 1 N–H and O–H groups in total. The number of carbonyl (C=O) groups is 1. The van der Waals surface area contributed by atoms with Crippen LogP contribution in [0.3, 0.4) is 0 Å². The molecule has 2 aromatic heterocycles. The van der Waals surface area contributed by atoms with Crippen molar-refractivity contribution < 1.29 is 4.79 Å². The minimum absolute atomic E-state index is 0.248. The van der Waals surface area contributed by atoms with Gasteiger partial charge in [0.05, 0.1) is 0 Å². The Morgan fingerprint density at radius 2 is 2.04 bits per heavy atom. The zero-order valence-electron chi connectivity index (χ0n) is 12.7. The first kappa shape index (κ1) is 15.8. The lowest BCUT2D eigenvalue weighted by molar-refractivity contribution is 0.102. The summed E-state index contributed by atoms with van der Waals surface area (Å²) < 4.78 is 0. The van der Waals surface area contributed by atoms with Crippen molar-refractivity contribution in [1.82, 2.24) is 15.2 Å². The first-order valence-corrected chi connectivity index (χ1v) is 9.10. The minimum atomic E-state index is -0.248. The van der Waals surface area contributed by atoms with Gasteiger partial charge >= 0.3 is 0 Å². The van der Waals surface area contributed by atoms with E-state index < -0.39 is 0 Å². The van der Waals surface area contributed by atoms with Crippen LogP contribution in [0.15, 0.2) is 35.7 Å². The Kier molecular flexibility index (Phi) is 5.09. The van der Waals surface area contributed by atoms with Gasteiger partial charge in [-0.05, 0) is 6.42 Å². The SMILES string of the molecule is CCCCc1nnc(NC(=O)c2csc(-c3ccccc3)n2)s1. The molecule has 3 aromatic rings. The second-order valence-corrected chi connectivity index (χ2v) is 6.88. The number of anilines is 1. The van der Waals surface area contributed by atoms with Gasteiger partial charge in [-0.2, -0.15) is 0 Å². The van der Waals surface area contributed by atoms with Crippen LogP contribution in [0.2, 0.25) is 0 Å². The molecule has 3 rings (SSSR count). The molecule has 118 valence electrons. The van der Waals surface area contributed by atoms with Crippen molar-refractivity contribution in [3.05, 3.63) is 46.4 Å². The number of hydrogen-bond donors (Lipinski definition) is 1. The van der Waals surface area contributed by atoms with Gasteiger partial charge in [-0.15, -0.1) is 21.5 Å². The molecule has 0 radical (unpaired) electrons. The summed E-state index contributed by atoms with van der Waals surface area (Å²) in [5.41, 5.74) is 1.41. The van der Waals surface area contributed by atoms with E-state index in [1.807, 2.05) is 30.3 Å². The normalized spacial score (nSPS) is 10.7. The van der Waals surface area contributed by atoms with E-state index in [-0.39, 0.29) is 5.91 Å². The smallest absolute Gasteiger partial charge is 0.276 e. The Hall–Kier alpha value is -2.12. The third-order valence-corrected chi connectivity index (χ3v) is 4.98. The molecule has 1 aromatic carbocycles. The zero-order valence-corrected chi connectivity index (χ0v) is 14.3. The Morgan fingerprint density at radius 3 is 2.83 bits per heavy atom. The first-order valence-electron chi connectivity index (χ1n) is 7.41. The summed E-state index contributed by atoms with van der Waals surface area (Å²) in [5.74, 6) is -0.248. The molecule has 5 nitrogen and oxygen atoms in total. The van der Waals surface area contributed by atoms with Gasteiger partial charge in [-0.1, -0.05) is 55.0 Å². The molecule has 23 heavy (non-hydrogen) atoms. The van der Waals surface area contributed by atoms with Crippen molar-refractivity contribution in [1.29, 1.82) is 0 Å². The topological polar surface area (TPSA) is 67.8 Å². The van der Waals surface area contributed by atoms with Crippen LogP contribution < -0.4 is 5.32 Å². The largest absolute Gasteiger partial charge is 0.295 e. The third-order valence-electron chi connectivity index (χ3n) is 3.19. The lowest BCUT2D eigenvalue weighted by Gasteiger charge is -1.97. The van der Waals surface area contributed by atoms with E-state index in [0.717, 1.165) is 34.8 Å². The van der Waals surface area contributed by atoms with Crippen LogP contribution in [-0.2, 0) is 6.42 Å². The number of nitrogens with one attached hydrogen (secondary N) is 1. The standard InChI is InChI=1S/C16H16N4OS2/c1-2-3-9-13-19-20-16(23-13)18-14(21)12-10-22-15(17-12)11-7-5-4-6-8-11/h4-8,10H,2-3,9H2,1H3,(H,18,20,21). The van der Waals surface area contributed by atoms with Crippen molar-refractivity contribution in [2.24, 2.45) is 0 Å². The van der Waals surface area contributed by atoms with Crippen LogP contribution in [0.25, 0.3) is 10.6 Å². The Bertz CT molecular complexity index is 782. The van der Waals surface area contributed by atoms with E-state index in [1.165, 1.54) is 22.7 Å². The number of amides is 1. The van der Waals surface area contributed by atoms with Gasteiger partial charge in [0.1, 0.15) is 15.7 Å². The average Bonchev–Trinajstić information content (AvgIpc) is 3.23. The van der Waals surface area contributed by atoms with Crippen molar-refractivity contribution >= 4 is 33.7 Å². The van der Waals surface area contributed by atoms with Crippen LogP contribution in [0.4, 0.5) is 5.13 Å². The molecule has 0 saturated heterocycles. The Morgan fingerprint density at radius 1 is 1.22 bits per heavy atom. The number of thiazole rings is 1. The molecule has 2 heterocycles. The summed E-state index contributed by atoms with van der Waals surface area (Å²) in [7, 11) is 0. The van der Waals surface area contributed by atoms with E-state index in [0.29, 0.717) is 10.8 Å². The van der Waals surface area contributed by atoms with Crippen molar-refractivity contribution in [2.75, 3.05) is 5.32 Å². The molecular weight excluding hydrogens is 328 g/mol. The molecule has 0 aliphatic carbocycles. The molecule has 7 heteroatoms. The van der Waals surface area contributed by atoms with E-state index in [4.69, 9.17) is 0 Å². The van der Waals surface area contributed by atoms with Crippen LogP contribution >= 0.6 is 22.7 Å². The number of carbonyl (C=O) groups excluding carboxylic acids is 1. The highest BCUT2D eigenvalue weighted by Crippen LogP contribution is 2.24. The minimum Gasteiger partial charge on any atom is -0.295 e. The monoisotopic (exact) mass is 344 g/mol. The summed E-state index contributed by atoms with van der Waals surface area (Å²) in [6.45, 7) is 2.14. The predicted octanol–water partition coefficient (Wildman–Crippen LogP) is 4.26. The van der Waals surface area contributed by atoms with Gasteiger partial charge < -0.3 is 0 Å². The highest BCUT2D eigenvalue weighted by Gasteiger charge is 2.14. The molecular formula is C16H16N4OS2. The molecule has 0 aliphatic rings. The number of hydrogen-bond acceptors (Lipinski definition) is 6. The number of benzene rings is 1. The molecule has 0 atom stereocenters. The van der Waals surface area contributed by atoms with E-state index in [2.05, 4.69) is 27.4 Å². The molecule has 0 aliphatic heterocycles. The van der Waals surface area contributed by atoms with Crippen molar-refractivity contribution in [3.8, 4) is 10.6 Å². The number of unbranched alkanes of at least 4 members (excludes halogenated alkanes) is 1. The maximum atomic E-state index is 12.3. The van der Waals surface area contributed by atoms with Crippen molar-refractivity contribution in [2.45, 2.75) is 26.2 Å². The Labute approximate surface area is 142 Å². The van der Waals surface area contributed by atoms with E-state index in [9.17, 15) is 4.79 Å². The quantitative estimate of drug-likeness (QED) is 0.725. The van der Waals surface area contributed by atoms with Crippen LogP contribution in [0.1, 0.15) is 35.3 Å². The average molecular weight is 344 g/mol. The van der Waals surface area contributed by atoms with Crippen LogP contribution in [-0.4, -0.2) is 21.1 Å². The van der Waals surface area contributed by atoms with Crippen LogP contribution in [0, 0.1) is 0 Å². The number of aromatic nitrogens is 3. The summed E-state index contributed by atoms with van der Waals surface area (Å²) >= 11 is 2.87. The van der Waals surface area contributed by atoms with Gasteiger partial charge in [0.15, 0.2) is 0 Å². The first-order chi connectivity index (χ1) is 11.3. The maximum Gasteiger partial charge on any atom is 0.276 e. The molecule has 1 amide bonds. The summed E-state index contributed by atoms with van der Waals surface area (Å²) in [6, 6.07) is 9.82. The van der Waals surface area contributed by atoms with Gasteiger partial charge in [-0.3, -0.25) is 10.1 Å². The van der Waals surface area contributed by atoms with Gasteiger partial charge in [-0.25, -0.2) is 4.98 Å². The lowest BCUT2D eigenvalue weighted by Crippen LogP contribution is -2.12. The summed E-state index contributed by atoms with van der Waals surface area (Å²) in [5, 5.41) is 14.9. The van der Waals surface area contributed by atoms with Crippen molar-refractivity contribution in [3.63, 3.8) is 0 Å². The third kappa shape index (κ3) is 4.00. The number of nitrogens with zero attached hydrogens (tertiary/aromatic N) is 3. The highest BCUT2D eigenvalue weighted by atomic mass is 32.1. The van der Waals surface area contributed by atoms with Gasteiger partial charge in [0.25, 0.3) is 5.91 Å². The summed E-state index contributed by atoms with van der Waals surface area (Å²) in [6.07, 6.45) is 3.09. The fourth-order valence-electron chi connectivity index (χ4n) is 1.99.